The third kappa shape index (κ3) is 2.29. The van der Waals surface area contributed by atoms with Crippen molar-refractivity contribution in [2.45, 2.75) is 31.9 Å². The highest BCUT2D eigenvalue weighted by molar-refractivity contribution is 5.76. The van der Waals surface area contributed by atoms with Crippen LogP contribution in [0.1, 0.15) is 36.6 Å². The van der Waals surface area contributed by atoms with Gasteiger partial charge in [0.15, 0.2) is 0 Å². The van der Waals surface area contributed by atoms with E-state index in [-0.39, 0.29) is 11.6 Å². The van der Waals surface area contributed by atoms with Crippen molar-refractivity contribution in [1.82, 2.24) is 5.32 Å². The number of benzene rings is 2. The van der Waals surface area contributed by atoms with Crippen LogP contribution in [0.2, 0.25) is 0 Å². The van der Waals surface area contributed by atoms with Gasteiger partial charge in [-0.1, -0.05) is 42.5 Å². The summed E-state index contributed by atoms with van der Waals surface area (Å²) >= 11 is 0. The Hall–Kier alpha value is -1.64. The second-order valence-electron chi connectivity index (χ2n) is 6.81. The van der Waals surface area contributed by atoms with Crippen molar-refractivity contribution in [1.29, 1.82) is 0 Å². The van der Waals surface area contributed by atoms with Gasteiger partial charge in [-0.25, -0.2) is 0 Å². The van der Waals surface area contributed by atoms with E-state index in [1.54, 1.807) is 0 Å². The molecule has 21 heavy (non-hydrogen) atoms. The minimum absolute atomic E-state index is 0.0868. The van der Waals surface area contributed by atoms with Gasteiger partial charge in [0.05, 0.1) is 12.7 Å². The Balaban J connectivity index is 1.62. The number of hydrogen-bond acceptors (Lipinski definition) is 2. The maximum absolute atomic E-state index is 6.05. The van der Waals surface area contributed by atoms with Crippen LogP contribution in [0.4, 0.5) is 0 Å². The normalized spacial score (nSPS) is 22.7. The van der Waals surface area contributed by atoms with Gasteiger partial charge in [0.25, 0.3) is 0 Å². The van der Waals surface area contributed by atoms with E-state index >= 15 is 0 Å². The van der Waals surface area contributed by atoms with E-state index in [1.165, 1.54) is 27.8 Å². The molecule has 1 N–H and O–H groups in total. The van der Waals surface area contributed by atoms with E-state index in [4.69, 9.17) is 4.74 Å². The molecule has 0 spiro atoms. The number of hydrogen-bond donors (Lipinski definition) is 1. The summed E-state index contributed by atoms with van der Waals surface area (Å²) in [7, 11) is 0. The van der Waals surface area contributed by atoms with Crippen LogP contribution in [-0.2, 0) is 11.2 Å². The first-order valence-electron chi connectivity index (χ1n) is 7.70. The predicted octanol–water partition coefficient (Wildman–Crippen LogP) is 3.70. The van der Waals surface area contributed by atoms with Crippen LogP contribution in [0.5, 0.6) is 0 Å². The van der Waals surface area contributed by atoms with Gasteiger partial charge in [-0.3, -0.25) is 0 Å². The molecule has 4 rings (SSSR count). The van der Waals surface area contributed by atoms with Gasteiger partial charge in [-0.05, 0) is 48.1 Å². The van der Waals surface area contributed by atoms with Gasteiger partial charge >= 0.3 is 0 Å². The van der Waals surface area contributed by atoms with Crippen LogP contribution < -0.4 is 5.32 Å². The summed E-state index contributed by atoms with van der Waals surface area (Å²) in [6, 6.07) is 15.5. The van der Waals surface area contributed by atoms with E-state index in [1.807, 2.05) is 0 Å². The fraction of sp³-hybridized carbons (Fsp3) is 0.368. The van der Waals surface area contributed by atoms with E-state index in [0.29, 0.717) is 0 Å². The quantitative estimate of drug-likeness (QED) is 0.733. The van der Waals surface area contributed by atoms with E-state index in [0.717, 1.165) is 19.6 Å². The average molecular weight is 279 g/mol. The van der Waals surface area contributed by atoms with Gasteiger partial charge in [-0.2, -0.15) is 0 Å². The summed E-state index contributed by atoms with van der Waals surface area (Å²) in [4.78, 5) is 0. The molecule has 2 aromatic rings. The molecule has 0 saturated carbocycles. The van der Waals surface area contributed by atoms with Crippen LogP contribution in [0.15, 0.2) is 42.5 Å². The Bertz CT molecular complexity index is 680. The second kappa shape index (κ2) is 4.69. The number of nitrogens with one attached hydrogen (secondary N) is 1. The molecule has 2 nitrogen and oxygen atoms in total. The predicted molar refractivity (Wildman–Crippen MR) is 85.5 cm³/mol. The van der Waals surface area contributed by atoms with Gasteiger partial charge in [-0.15, -0.1) is 0 Å². The van der Waals surface area contributed by atoms with Crippen molar-refractivity contribution in [2.24, 2.45) is 0 Å². The molecule has 2 aliphatic rings. The summed E-state index contributed by atoms with van der Waals surface area (Å²) in [5.74, 6) is 0. The molecule has 108 valence electrons. The van der Waals surface area contributed by atoms with Crippen LogP contribution in [0.3, 0.4) is 0 Å². The Kier molecular flexibility index (Phi) is 2.91. The van der Waals surface area contributed by atoms with Gasteiger partial charge < -0.3 is 10.1 Å². The number of fused-ring (bicyclic) bond motifs is 3. The van der Waals surface area contributed by atoms with Crippen molar-refractivity contribution in [2.75, 3.05) is 13.2 Å². The summed E-state index contributed by atoms with van der Waals surface area (Å²) in [5.41, 5.74) is 7.03. The first-order valence-corrected chi connectivity index (χ1v) is 7.70. The fourth-order valence-corrected chi connectivity index (χ4v) is 3.37. The zero-order valence-electron chi connectivity index (χ0n) is 12.6. The monoisotopic (exact) mass is 279 g/mol. The number of morpholine rings is 1. The minimum Gasteiger partial charge on any atom is -0.370 e. The molecule has 1 saturated heterocycles. The van der Waals surface area contributed by atoms with Crippen molar-refractivity contribution in [3.05, 3.63) is 59.2 Å². The SMILES string of the molecule is CC1(C)COC(c2ccc3c(c2)Cc2ccccc2-3)CN1. The number of ether oxygens (including phenoxy) is 1. The lowest BCUT2D eigenvalue weighted by atomic mass is 9.98. The van der Waals surface area contributed by atoms with Crippen LogP contribution in [0.25, 0.3) is 11.1 Å². The first kappa shape index (κ1) is 13.1. The lowest BCUT2D eigenvalue weighted by Crippen LogP contribution is -2.50. The third-order valence-corrected chi connectivity index (χ3v) is 4.60. The fourth-order valence-electron chi connectivity index (χ4n) is 3.37. The highest BCUT2D eigenvalue weighted by atomic mass is 16.5. The highest BCUT2D eigenvalue weighted by Crippen LogP contribution is 2.38. The minimum atomic E-state index is 0.0868. The molecule has 1 unspecified atom stereocenters. The lowest BCUT2D eigenvalue weighted by molar-refractivity contribution is -0.0229. The molecule has 1 aliphatic heterocycles. The average Bonchev–Trinajstić information content (AvgIpc) is 2.84. The van der Waals surface area contributed by atoms with Crippen LogP contribution in [-0.4, -0.2) is 18.7 Å². The smallest absolute Gasteiger partial charge is 0.0950 e. The Morgan fingerprint density at radius 1 is 1.05 bits per heavy atom. The van der Waals surface area contributed by atoms with Crippen molar-refractivity contribution in [3.63, 3.8) is 0 Å². The molecule has 2 aromatic carbocycles. The molecule has 0 radical (unpaired) electrons. The summed E-state index contributed by atoms with van der Waals surface area (Å²) < 4.78 is 6.05. The molecular weight excluding hydrogens is 258 g/mol. The van der Waals surface area contributed by atoms with Crippen molar-refractivity contribution < 1.29 is 4.74 Å². The largest absolute Gasteiger partial charge is 0.370 e. The summed E-state index contributed by atoms with van der Waals surface area (Å²) in [5, 5.41) is 3.57. The maximum Gasteiger partial charge on any atom is 0.0950 e. The van der Waals surface area contributed by atoms with E-state index in [9.17, 15) is 0 Å². The zero-order chi connectivity index (χ0) is 14.4. The summed E-state index contributed by atoms with van der Waals surface area (Å²) in [6.07, 6.45) is 1.22. The van der Waals surface area contributed by atoms with Crippen molar-refractivity contribution >= 4 is 0 Å². The maximum atomic E-state index is 6.05. The lowest BCUT2D eigenvalue weighted by Gasteiger charge is -2.36. The topological polar surface area (TPSA) is 21.3 Å². The standard InChI is InChI=1S/C19H21NO/c1-19(2)12-21-18(11-20-19)14-7-8-17-15(10-14)9-13-5-3-4-6-16(13)17/h3-8,10,18,20H,9,11-12H2,1-2H3. The summed E-state index contributed by atoms with van der Waals surface area (Å²) in [6.45, 7) is 6.01. The molecule has 0 bridgehead atoms. The zero-order valence-corrected chi connectivity index (χ0v) is 12.6. The Morgan fingerprint density at radius 3 is 2.67 bits per heavy atom. The molecule has 1 heterocycles. The van der Waals surface area contributed by atoms with E-state index < -0.39 is 0 Å². The molecule has 0 aromatic heterocycles. The van der Waals surface area contributed by atoms with Gasteiger partial charge in [0.2, 0.25) is 0 Å². The Labute approximate surface area is 126 Å². The molecule has 1 aliphatic carbocycles. The molecule has 2 heteroatoms. The van der Waals surface area contributed by atoms with Gasteiger partial charge in [0.1, 0.15) is 0 Å². The van der Waals surface area contributed by atoms with Gasteiger partial charge in [0, 0.05) is 12.1 Å². The van der Waals surface area contributed by atoms with E-state index in [2.05, 4.69) is 61.6 Å². The third-order valence-electron chi connectivity index (χ3n) is 4.60. The second-order valence-corrected chi connectivity index (χ2v) is 6.81. The first-order chi connectivity index (χ1) is 10.1. The Morgan fingerprint density at radius 2 is 1.86 bits per heavy atom. The molecule has 0 amide bonds. The molecule has 1 atom stereocenters. The van der Waals surface area contributed by atoms with Crippen LogP contribution in [0, 0.1) is 0 Å². The van der Waals surface area contributed by atoms with Crippen molar-refractivity contribution in [3.8, 4) is 11.1 Å². The number of rotatable bonds is 1. The molecular formula is C19H21NO. The molecule has 1 fully saturated rings. The van der Waals surface area contributed by atoms with Crippen LogP contribution >= 0.6 is 0 Å². The highest BCUT2D eigenvalue weighted by Gasteiger charge is 2.28.